The quantitative estimate of drug-likeness (QED) is 0.749. The van der Waals surface area contributed by atoms with Crippen molar-refractivity contribution >= 4 is 11.4 Å². The molecule has 0 bridgehead atoms. The molecule has 0 aliphatic heterocycles. The van der Waals surface area contributed by atoms with E-state index in [2.05, 4.69) is 38.2 Å². The summed E-state index contributed by atoms with van der Waals surface area (Å²) >= 11 is 0. The average molecular weight is 274 g/mol. The fourth-order valence-corrected chi connectivity index (χ4v) is 1.80. The number of nitrogens with one attached hydrogen (secondary N) is 1. The van der Waals surface area contributed by atoms with Gasteiger partial charge in [-0.1, -0.05) is 18.2 Å². The molecule has 110 valence electrons. The molecule has 1 rings (SSSR count). The van der Waals surface area contributed by atoms with Crippen LogP contribution in [0, 0.1) is 0 Å². The third-order valence-corrected chi connectivity index (χ3v) is 3.02. The number of nitrogens with zero attached hydrogens (tertiary/aromatic N) is 2. The fourth-order valence-electron chi connectivity index (χ4n) is 1.80. The SMILES string of the molecule is C/C(NCCN)=C(C)\C(CN(C)C)=N/c1ccccc1. The minimum atomic E-state index is 0.628. The van der Waals surface area contributed by atoms with Gasteiger partial charge in [-0.25, -0.2) is 0 Å². The van der Waals surface area contributed by atoms with Crippen molar-refractivity contribution in [2.45, 2.75) is 13.8 Å². The molecule has 0 unspecified atom stereocenters. The first-order valence-electron chi connectivity index (χ1n) is 6.93. The summed E-state index contributed by atoms with van der Waals surface area (Å²) in [6, 6.07) is 10.0. The molecule has 0 radical (unpaired) electrons. The number of benzene rings is 1. The average Bonchev–Trinajstić information content (AvgIpc) is 2.44. The van der Waals surface area contributed by atoms with E-state index in [9.17, 15) is 0 Å². The van der Waals surface area contributed by atoms with E-state index < -0.39 is 0 Å². The van der Waals surface area contributed by atoms with Crippen molar-refractivity contribution < 1.29 is 0 Å². The van der Waals surface area contributed by atoms with Crippen molar-refractivity contribution in [3.63, 3.8) is 0 Å². The maximum absolute atomic E-state index is 5.53. The Morgan fingerprint density at radius 1 is 1.20 bits per heavy atom. The molecule has 0 saturated carbocycles. The maximum atomic E-state index is 5.53. The molecule has 0 aromatic heterocycles. The number of nitrogens with two attached hydrogens (primary N) is 1. The predicted molar refractivity (Wildman–Crippen MR) is 87.5 cm³/mol. The minimum Gasteiger partial charge on any atom is -0.387 e. The summed E-state index contributed by atoms with van der Waals surface area (Å²) < 4.78 is 0. The van der Waals surface area contributed by atoms with Gasteiger partial charge in [0.05, 0.1) is 11.4 Å². The first-order chi connectivity index (χ1) is 9.54. The van der Waals surface area contributed by atoms with Crippen LogP contribution in [0.2, 0.25) is 0 Å². The Kier molecular flexibility index (Phi) is 6.98. The van der Waals surface area contributed by atoms with Crippen molar-refractivity contribution in [1.82, 2.24) is 10.2 Å². The highest BCUT2D eigenvalue weighted by molar-refractivity contribution is 6.03. The molecule has 0 aliphatic carbocycles. The zero-order chi connectivity index (χ0) is 15.0. The molecule has 3 N–H and O–H groups in total. The Morgan fingerprint density at radius 2 is 1.85 bits per heavy atom. The molecule has 1 aromatic rings. The lowest BCUT2D eigenvalue weighted by molar-refractivity contribution is 0.469. The van der Waals surface area contributed by atoms with E-state index in [4.69, 9.17) is 10.7 Å². The molecule has 0 fully saturated rings. The van der Waals surface area contributed by atoms with Crippen LogP contribution in [0.15, 0.2) is 46.6 Å². The Morgan fingerprint density at radius 3 is 2.40 bits per heavy atom. The number of hydrogen-bond donors (Lipinski definition) is 2. The third kappa shape index (κ3) is 5.55. The van der Waals surface area contributed by atoms with Gasteiger partial charge >= 0.3 is 0 Å². The van der Waals surface area contributed by atoms with Gasteiger partial charge in [0, 0.05) is 25.3 Å². The maximum Gasteiger partial charge on any atom is 0.0633 e. The molecule has 0 heterocycles. The summed E-state index contributed by atoms with van der Waals surface area (Å²) in [5.74, 6) is 0. The molecule has 0 spiro atoms. The van der Waals surface area contributed by atoms with Gasteiger partial charge in [-0.3, -0.25) is 4.99 Å². The van der Waals surface area contributed by atoms with Gasteiger partial charge in [0.25, 0.3) is 0 Å². The lowest BCUT2D eigenvalue weighted by Gasteiger charge is -2.16. The van der Waals surface area contributed by atoms with Gasteiger partial charge in [-0.15, -0.1) is 0 Å². The molecule has 4 nitrogen and oxygen atoms in total. The minimum absolute atomic E-state index is 0.628. The van der Waals surface area contributed by atoms with Gasteiger partial charge in [0.2, 0.25) is 0 Å². The van der Waals surface area contributed by atoms with E-state index in [0.29, 0.717) is 6.54 Å². The summed E-state index contributed by atoms with van der Waals surface area (Å²) in [6.07, 6.45) is 0. The van der Waals surface area contributed by atoms with Crippen LogP contribution in [0.4, 0.5) is 5.69 Å². The number of hydrogen-bond acceptors (Lipinski definition) is 4. The van der Waals surface area contributed by atoms with Crippen molar-refractivity contribution in [3.05, 3.63) is 41.6 Å². The summed E-state index contributed by atoms with van der Waals surface area (Å²) in [6.45, 7) is 6.39. The number of aliphatic imine (C=N–C) groups is 1. The summed E-state index contributed by atoms with van der Waals surface area (Å²) in [5, 5.41) is 3.33. The first-order valence-corrected chi connectivity index (χ1v) is 6.93. The Bertz CT molecular complexity index is 461. The van der Waals surface area contributed by atoms with Crippen LogP contribution in [-0.4, -0.2) is 44.3 Å². The van der Waals surface area contributed by atoms with Crippen molar-refractivity contribution in [2.75, 3.05) is 33.7 Å². The highest BCUT2D eigenvalue weighted by Crippen LogP contribution is 2.14. The topological polar surface area (TPSA) is 53.6 Å². The molecule has 1 aromatic carbocycles. The number of para-hydroxylation sites is 1. The molecule has 4 heteroatoms. The standard InChI is InChI=1S/C16H26N4/c1-13(14(2)18-11-10-17)16(12-20(3)4)19-15-8-6-5-7-9-15/h5-9,18H,10-12,17H2,1-4H3/b14-13+,19-16-. The fraction of sp³-hybridized carbons (Fsp3) is 0.438. The Labute approximate surface area is 122 Å². The van der Waals surface area contributed by atoms with Crippen LogP contribution in [0.25, 0.3) is 0 Å². The van der Waals surface area contributed by atoms with Gasteiger partial charge < -0.3 is 16.0 Å². The Hall–Kier alpha value is -1.65. The van der Waals surface area contributed by atoms with Crippen LogP contribution >= 0.6 is 0 Å². The number of allylic oxidation sites excluding steroid dienone is 1. The number of rotatable bonds is 7. The van der Waals surface area contributed by atoms with Gasteiger partial charge in [-0.05, 0) is 45.6 Å². The highest BCUT2D eigenvalue weighted by atomic mass is 15.1. The second-order valence-corrected chi connectivity index (χ2v) is 5.10. The molecule has 0 saturated heterocycles. The molecule has 0 aliphatic rings. The van der Waals surface area contributed by atoms with E-state index in [1.54, 1.807) is 0 Å². The lowest BCUT2D eigenvalue weighted by Crippen LogP contribution is -2.26. The molecule has 20 heavy (non-hydrogen) atoms. The van der Waals surface area contributed by atoms with Crippen LogP contribution in [0.5, 0.6) is 0 Å². The van der Waals surface area contributed by atoms with Crippen LogP contribution in [-0.2, 0) is 0 Å². The van der Waals surface area contributed by atoms with Crippen molar-refractivity contribution in [1.29, 1.82) is 0 Å². The van der Waals surface area contributed by atoms with Gasteiger partial charge in [0.15, 0.2) is 0 Å². The van der Waals surface area contributed by atoms with Crippen molar-refractivity contribution in [3.8, 4) is 0 Å². The zero-order valence-corrected chi connectivity index (χ0v) is 13.0. The summed E-state index contributed by atoms with van der Waals surface area (Å²) in [5.41, 5.74) is 9.90. The van der Waals surface area contributed by atoms with Gasteiger partial charge in [-0.2, -0.15) is 0 Å². The normalized spacial score (nSPS) is 13.4. The van der Waals surface area contributed by atoms with Crippen LogP contribution < -0.4 is 11.1 Å². The first kappa shape index (κ1) is 16.4. The largest absolute Gasteiger partial charge is 0.387 e. The molecular formula is C16H26N4. The lowest BCUT2D eigenvalue weighted by atomic mass is 10.1. The van der Waals surface area contributed by atoms with E-state index in [-0.39, 0.29) is 0 Å². The smallest absolute Gasteiger partial charge is 0.0633 e. The van der Waals surface area contributed by atoms with Crippen LogP contribution in [0.1, 0.15) is 13.8 Å². The summed E-state index contributed by atoms with van der Waals surface area (Å²) in [4.78, 5) is 6.90. The zero-order valence-electron chi connectivity index (χ0n) is 13.0. The van der Waals surface area contributed by atoms with E-state index >= 15 is 0 Å². The Balaban J connectivity index is 3.03. The second kappa shape index (κ2) is 8.51. The van der Waals surface area contributed by atoms with Crippen LogP contribution in [0.3, 0.4) is 0 Å². The third-order valence-electron chi connectivity index (χ3n) is 3.02. The van der Waals surface area contributed by atoms with E-state index in [1.165, 1.54) is 5.57 Å². The molecule has 0 amide bonds. The monoisotopic (exact) mass is 274 g/mol. The highest BCUT2D eigenvalue weighted by Gasteiger charge is 2.08. The van der Waals surface area contributed by atoms with Gasteiger partial charge in [0.1, 0.15) is 0 Å². The molecule has 0 atom stereocenters. The second-order valence-electron chi connectivity index (χ2n) is 5.10. The van der Waals surface area contributed by atoms with E-state index in [0.717, 1.165) is 30.2 Å². The predicted octanol–water partition coefficient (Wildman–Crippen LogP) is 2.16. The molecular weight excluding hydrogens is 248 g/mol. The van der Waals surface area contributed by atoms with Crippen molar-refractivity contribution in [2.24, 2.45) is 10.7 Å². The van der Waals surface area contributed by atoms with E-state index in [1.807, 2.05) is 30.3 Å². The summed E-state index contributed by atoms with van der Waals surface area (Å²) in [7, 11) is 4.10.